The highest BCUT2D eigenvalue weighted by Crippen LogP contribution is 2.25. The van der Waals surface area contributed by atoms with Gasteiger partial charge < -0.3 is 14.8 Å². The summed E-state index contributed by atoms with van der Waals surface area (Å²) in [5.41, 5.74) is 2.62. The molecule has 27 heavy (non-hydrogen) atoms. The van der Waals surface area contributed by atoms with Crippen LogP contribution in [0.3, 0.4) is 0 Å². The molecule has 1 N–H and O–H groups in total. The summed E-state index contributed by atoms with van der Waals surface area (Å²) in [6, 6.07) is 14.5. The molecule has 0 bridgehead atoms. The molecule has 0 saturated carbocycles. The van der Waals surface area contributed by atoms with E-state index in [1.165, 1.54) is 7.11 Å². The lowest BCUT2D eigenvalue weighted by molar-refractivity contribution is 0.0601. The fraction of sp³-hybridized carbons (Fsp3) is 0.364. The van der Waals surface area contributed by atoms with Crippen LogP contribution >= 0.6 is 0 Å². The molecule has 1 fully saturated rings. The van der Waals surface area contributed by atoms with Crippen molar-refractivity contribution in [2.75, 3.05) is 26.9 Å². The normalized spacial score (nSPS) is 16.1. The molecular formula is C22H25NO4. The molecule has 1 amide bonds. The predicted molar refractivity (Wildman–Crippen MR) is 104 cm³/mol. The SMILES string of the molecule is COC(=O)c1ccccc1-c1cccc(C(=O)NCCC[C@H]2CCOC2)c1. The van der Waals surface area contributed by atoms with Gasteiger partial charge in [0.1, 0.15) is 0 Å². The van der Waals surface area contributed by atoms with Crippen molar-refractivity contribution in [2.45, 2.75) is 19.3 Å². The molecule has 0 aliphatic carbocycles. The monoisotopic (exact) mass is 367 g/mol. The van der Waals surface area contributed by atoms with Crippen molar-refractivity contribution in [3.8, 4) is 11.1 Å². The number of carbonyl (C=O) groups excluding carboxylic acids is 2. The molecule has 0 unspecified atom stereocenters. The summed E-state index contributed by atoms with van der Waals surface area (Å²) in [5.74, 6) is 0.131. The molecule has 0 aromatic heterocycles. The second kappa shape index (κ2) is 9.33. The summed E-state index contributed by atoms with van der Waals surface area (Å²) >= 11 is 0. The van der Waals surface area contributed by atoms with Gasteiger partial charge >= 0.3 is 5.97 Å². The number of esters is 1. The number of nitrogens with one attached hydrogen (secondary N) is 1. The van der Waals surface area contributed by atoms with E-state index in [4.69, 9.17) is 9.47 Å². The van der Waals surface area contributed by atoms with Crippen molar-refractivity contribution in [1.82, 2.24) is 5.32 Å². The van der Waals surface area contributed by atoms with Crippen LogP contribution in [-0.4, -0.2) is 38.7 Å². The number of rotatable bonds is 7. The predicted octanol–water partition coefficient (Wildman–Crippen LogP) is 3.69. The lowest BCUT2D eigenvalue weighted by Gasteiger charge is -2.11. The van der Waals surface area contributed by atoms with Gasteiger partial charge in [0.15, 0.2) is 0 Å². The third kappa shape index (κ3) is 4.95. The van der Waals surface area contributed by atoms with Crippen molar-refractivity contribution < 1.29 is 19.1 Å². The molecule has 1 aliphatic heterocycles. The van der Waals surface area contributed by atoms with Crippen LogP contribution in [0, 0.1) is 5.92 Å². The number of carbonyl (C=O) groups is 2. The van der Waals surface area contributed by atoms with E-state index in [-0.39, 0.29) is 5.91 Å². The van der Waals surface area contributed by atoms with Crippen molar-refractivity contribution in [2.24, 2.45) is 5.92 Å². The summed E-state index contributed by atoms with van der Waals surface area (Å²) in [6.45, 7) is 2.35. The molecule has 2 aromatic carbocycles. The molecule has 5 heteroatoms. The van der Waals surface area contributed by atoms with Crippen molar-refractivity contribution >= 4 is 11.9 Å². The fourth-order valence-corrected chi connectivity index (χ4v) is 3.36. The standard InChI is InChI=1S/C22H25NO4/c1-26-22(25)20-10-3-2-9-19(20)17-7-4-8-18(14-17)21(24)23-12-5-6-16-11-13-27-15-16/h2-4,7-10,14,16H,5-6,11-13,15H2,1H3,(H,23,24)/t16-/m0/s1. The largest absolute Gasteiger partial charge is 0.465 e. The third-order valence-electron chi connectivity index (χ3n) is 4.87. The maximum absolute atomic E-state index is 12.5. The summed E-state index contributed by atoms with van der Waals surface area (Å²) in [5, 5.41) is 2.98. The first kappa shape index (κ1) is 19.1. The van der Waals surface area contributed by atoms with Gasteiger partial charge in [-0.15, -0.1) is 0 Å². The van der Waals surface area contributed by atoms with E-state index < -0.39 is 5.97 Å². The van der Waals surface area contributed by atoms with E-state index in [0.29, 0.717) is 23.6 Å². The Bertz CT molecular complexity index is 796. The van der Waals surface area contributed by atoms with E-state index in [1.807, 2.05) is 30.3 Å². The lowest BCUT2D eigenvalue weighted by Crippen LogP contribution is -2.24. The number of ether oxygens (including phenoxy) is 2. The lowest BCUT2D eigenvalue weighted by atomic mass is 9.98. The highest BCUT2D eigenvalue weighted by atomic mass is 16.5. The van der Waals surface area contributed by atoms with Crippen molar-refractivity contribution in [1.29, 1.82) is 0 Å². The number of methoxy groups -OCH3 is 1. The molecule has 142 valence electrons. The highest BCUT2D eigenvalue weighted by Gasteiger charge is 2.16. The van der Waals surface area contributed by atoms with Crippen LogP contribution in [0.15, 0.2) is 48.5 Å². The number of amides is 1. The minimum atomic E-state index is -0.392. The number of benzene rings is 2. The zero-order valence-electron chi connectivity index (χ0n) is 15.6. The van der Waals surface area contributed by atoms with Crippen molar-refractivity contribution in [3.05, 3.63) is 59.7 Å². The average molecular weight is 367 g/mol. The molecule has 1 aliphatic rings. The number of hydrogen-bond donors (Lipinski definition) is 1. The fourth-order valence-electron chi connectivity index (χ4n) is 3.36. The molecule has 0 spiro atoms. The zero-order chi connectivity index (χ0) is 19.1. The molecule has 1 heterocycles. The average Bonchev–Trinajstić information content (AvgIpc) is 3.24. The molecular weight excluding hydrogens is 342 g/mol. The Morgan fingerprint density at radius 2 is 2.04 bits per heavy atom. The van der Waals surface area contributed by atoms with Gasteiger partial charge in [-0.2, -0.15) is 0 Å². The summed E-state index contributed by atoms with van der Waals surface area (Å²) in [7, 11) is 1.36. The van der Waals surface area contributed by atoms with Crippen LogP contribution in [-0.2, 0) is 9.47 Å². The summed E-state index contributed by atoms with van der Waals surface area (Å²) < 4.78 is 10.2. The van der Waals surface area contributed by atoms with Crippen LogP contribution in [0.2, 0.25) is 0 Å². The van der Waals surface area contributed by atoms with Gasteiger partial charge in [-0.05, 0) is 54.5 Å². The van der Waals surface area contributed by atoms with Gasteiger partial charge in [-0.25, -0.2) is 4.79 Å². The van der Waals surface area contributed by atoms with Crippen LogP contribution in [0.1, 0.15) is 40.0 Å². The van der Waals surface area contributed by atoms with Crippen LogP contribution in [0.25, 0.3) is 11.1 Å². The quantitative estimate of drug-likeness (QED) is 0.599. The molecule has 5 nitrogen and oxygen atoms in total. The Labute approximate surface area is 159 Å². The third-order valence-corrected chi connectivity index (χ3v) is 4.87. The first-order valence-electron chi connectivity index (χ1n) is 9.32. The van der Waals surface area contributed by atoms with Gasteiger partial charge in [0.2, 0.25) is 0 Å². The van der Waals surface area contributed by atoms with Crippen LogP contribution in [0.5, 0.6) is 0 Å². The van der Waals surface area contributed by atoms with Gasteiger partial charge in [-0.3, -0.25) is 4.79 Å². The van der Waals surface area contributed by atoms with Crippen molar-refractivity contribution in [3.63, 3.8) is 0 Å². The Morgan fingerprint density at radius 1 is 1.19 bits per heavy atom. The maximum Gasteiger partial charge on any atom is 0.338 e. The molecule has 2 aromatic rings. The Hall–Kier alpha value is -2.66. The first-order valence-corrected chi connectivity index (χ1v) is 9.32. The van der Waals surface area contributed by atoms with E-state index >= 15 is 0 Å². The second-order valence-electron chi connectivity index (χ2n) is 6.75. The Morgan fingerprint density at radius 3 is 2.81 bits per heavy atom. The minimum Gasteiger partial charge on any atom is -0.465 e. The zero-order valence-corrected chi connectivity index (χ0v) is 15.6. The van der Waals surface area contributed by atoms with Crippen LogP contribution < -0.4 is 5.32 Å². The van der Waals surface area contributed by atoms with E-state index in [9.17, 15) is 9.59 Å². The topological polar surface area (TPSA) is 64.6 Å². The van der Waals surface area contributed by atoms with E-state index in [1.54, 1.807) is 18.2 Å². The summed E-state index contributed by atoms with van der Waals surface area (Å²) in [6.07, 6.45) is 3.15. The molecule has 0 radical (unpaired) electrons. The Balaban J connectivity index is 1.65. The molecule has 1 saturated heterocycles. The number of hydrogen-bond acceptors (Lipinski definition) is 4. The van der Waals surface area contributed by atoms with Gasteiger partial charge in [0.25, 0.3) is 5.91 Å². The van der Waals surface area contributed by atoms with Gasteiger partial charge in [-0.1, -0.05) is 30.3 Å². The molecule has 1 atom stereocenters. The highest BCUT2D eigenvalue weighted by molar-refractivity contribution is 5.99. The molecule has 3 rings (SSSR count). The second-order valence-corrected chi connectivity index (χ2v) is 6.75. The minimum absolute atomic E-state index is 0.102. The smallest absolute Gasteiger partial charge is 0.338 e. The van der Waals surface area contributed by atoms with Crippen LogP contribution in [0.4, 0.5) is 0 Å². The first-order chi connectivity index (χ1) is 13.2. The van der Waals surface area contributed by atoms with E-state index in [0.717, 1.165) is 43.6 Å². The Kier molecular flexibility index (Phi) is 6.60. The summed E-state index contributed by atoms with van der Waals surface area (Å²) in [4.78, 5) is 24.5. The van der Waals surface area contributed by atoms with Gasteiger partial charge in [0.05, 0.1) is 12.7 Å². The van der Waals surface area contributed by atoms with E-state index in [2.05, 4.69) is 5.32 Å². The maximum atomic E-state index is 12.5. The van der Waals surface area contributed by atoms with Gasteiger partial charge in [0, 0.05) is 25.3 Å².